The highest BCUT2D eigenvalue weighted by Gasteiger charge is 2.17. The van der Waals surface area contributed by atoms with Crippen molar-refractivity contribution in [3.05, 3.63) is 65.5 Å². The van der Waals surface area contributed by atoms with Gasteiger partial charge in [-0.3, -0.25) is 14.5 Å². The Kier molecular flexibility index (Phi) is 7.09. The fourth-order valence-electron chi connectivity index (χ4n) is 3.65. The maximum Gasteiger partial charge on any atom is 0.246 e. The molecule has 1 aliphatic heterocycles. The van der Waals surface area contributed by atoms with Gasteiger partial charge in [0.25, 0.3) is 0 Å². The molecule has 7 nitrogen and oxygen atoms in total. The van der Waals surface area contributed by atoms with Gasteiger partial charge in [0.15, 0.2) is 0 Å². The van der Waals surface area contributed by atoms with E-state index in [2.05, 4.69) is 21.4 Å². The molecular formula is C23H26ClN5O2. The fraction of sp³-hybridized carbons (Fsp3) is 0.261. The molecule has 0 unspecified atom stereocenters. The number of hydrogen-bond acceptors (Lipinski definition) is 4. The first-order valence-corrected chi connectivity index (χ1v) is 9.95. The van der Waals surface area contributed by atoms with Crippen molar-refractivity contribution in [2.75, 3.05) is 32.5 Å². The Labute approximate surface area is 187 Å². The molecule has 3 heterocycles. The third-order valence-electron chi connectivity index (χ3n) is 5.29. The minimum atomic E-state index is -0.0703. The van der Waals surface area contributed by atoms with Gasteiger partial charge in [-0.1, -0.05) is 18.2 Å². The molecular weight excluding hydrogens is 414 g/mol. The van der Waals surface area contributed by atoms with Crippen molar-refractivity contribution in [1.29, 1.82) is 0 Å². The average Bonchev–Trinajstić information content (AvgIpc) is 3.08. The third-order valence-corrected chi connectivity index (χ3v) is 5.29. The van der Waals surface area contributed by atoms with Gasteiger partial charge in [0, 0.05) is 55.1 Å². The SMILES string of the molecule is CN1CC(=O)Nc2ncc(C=CC(=O)N(C)CCc3c[nH]c4ccccc34)cc2C1.Cl. The number of amides is 2. The highest BCUT2D eigenvalue weighted by Crippen LogP contribution is 2.20. The number of rotatable bonds is 5. The lowest BCUT2D eigenvalue weighted by Gasteiger charge is -2.15. The molecule has 1 aromatic carbocycles. The summed E-state index contributed by atoms with van der Waals surface area (Å²) in [4.78, 5) is 35.6. The van der Waals surface area contributed by atoms with Crippen LogP contribution in [0.25, 0.3) is 17.0 Å². The normalized spacial score (nSPS) is 14.1. The molecule has 0 saturated carbocycles. The largest absolute Gasteiger partial charge is 0.361 e. The van der Waals surface area contributed by atoms with E-state index in [9.17, 15) is 9.59 Å². The van der Waals surface area contributed by atoms with Crippen LogP contribution in [0, 0.1) is 0 Å². The summed E-state index contributed by atoms with van der Waals surface area (Å²) < 4.78 is 0. The van der Waals surface area contributed by atoms with Crippen LogP contribution in [0.2, 0.25) is 0 Å². The van der Waals surface area contributed by atoms with E-state index in [4.69, 9.17) is 0 Å². The lowest BCUT2D eigenvalue weighted by atomic mass is 10.1. The molecule has 0 aliphatic carbocycles. The lowest BCUT2D eigenvalue weighted by Crippen LogP contribution is -2.27. The second-order valence-corrected chi connectivity index (χ2v) is 7.70. The van der Waals surface area contributed by atoms with Gasteiger partial charge in [-0.05, 0) is 42.8 Å². The molecule has 0 atom stereocenters. The van der Waals surface area contributed by atoms with Crippen molar-refractivity contribution in [2.24, 2.45) is 0 Å². The molecule has 3 aromatic rings. The van der Waals surface area contributed by atoms with E-state index >= 15 is 0 Å². The van der Waals surface area contributed by atoms with Gasteiger partial charge >= 0.3 is 0 Å². The van der Waals surface area contributed by atoms with Gasteiger partial charge in [-0.2, -0.15) is 0 Å². The quantitative estimate of drug-likeness (QED) is 0.598. The number of carbonyl (C=O) groups excluding carboxylic acids is 2. The van der Waals surface area contributed by atoms with Crippen LogP contribution >= 0.6 is 12.4 Å². The first kappa shape index (κ1) is 22.5. The number of carbonyl (C=O) groups is 2. The summed E-state index contributed by atoms with van der Waals surface area (Å²) in [5.41, 5.74) is 4.08. The Morgan fingerprint density at radius 3 is 2.94 bits per heavy atom. The molecule has 0 fully saturated rings. The number of halogens is 1. The molecule has 1 aliphatic rings. The minimum Gasteiger partial charge on any atom is -0.361 e. The number of nitrogens with one attached hydrogen (secondary N) is 2. The first-order valence-electron chi connectivity index (χ1n) is 9.95. The van der Waals surface area contributed by atoms with Crippen LogP contribution in [0.4, 0.5) is 5.82 Å². The van der Waals surface area contributed by atoms with Gasteiger partial charge in [0.05, 0.1) is 6.54 Å². The number of aromatic nitrogens is 2. The summed E-state index contributed by atoms with van der Waals surface area (Å²) in [5.74, 6) is 0.456. The zero-order valence-electron chi connectivity index (χ0n) is 17.6. The van der Waals surface area contributed by atoms with E-state index in [1.807, 2.05) is 42.4 Å². The number of H-pyrrole nitrogens is 1. The van der Waals surface area contributed by atoms with E-state index in [0.29, 0.717) is 25.5 Å². The smallest absolute Gasteiger partial charge is 0.246 e. The van der Waals surface area contributed by atoms with Crippen LogP contribution in [-0.2, 0) is 22.6 Å². The van der Waals surface area contributed by atoms with Gasteiger partial charge in [-0.25, -0.2) is 4.98 Å². The van der Waals surface area contributed by atoms with E-state index in [1.165, 1.54) is 10.9 Å². The number of hydrogen-bond donors (Lipinski definition) is 2. The molecule has 162 valence electrons. The Bertz CT molecular complexity index is 1120. The van der Waals surface area contributed by atoms with Crippen LogP contribution in [0.3, 0.4) is 0 Å². The zero-order chi connectivity index (χ0) is 21.1. The summed E-state index contributed by atoms with van der Waals surface area (Å²) in [7, 11) is 3.70. The van der Waals surface area contributed by atoms with Crippen molar-refractivity contribution < 1.29 is 9.59 Å². The number of likely N-dealkylation sites (N-methyl/N-ethyl adjacent to an activating group) is 2. The maximum absolute atomic E-state index is 12.5. The highest BCUT2D eigenvalue weighted by atomic mass is 35.5. The van der Waals surface area contributed by atoms with Gasteiger partial charge in [0.1, 0.15) is 5.82 Å². The zero-order valence-corrected chi connectivity index (χ0v) is 18.4. The highest BCUT2D eigenvalue weighted by molar-refractivity contribution is 5.93. The van der Waals surface area contributed by atoms with E-state index in [1.54, 1.807) is 30.3 Å². The van der Waals surface area contributed by atoms with Crippen LogP contribution in [-0.4, -0.2) is 58.8 Å². The topological polar surface area (TPSA) is 81.3 Å². The summed E-state index contributed by atoms with van der Waals surface area (Å²) in [5, 5.41) is 4.01. The number of fused-ring (bicyclic) bond motifs is 2. The summed E-state index contributed by atoms with van der Waals surface area (Å²) in [6.07, 6.45) is 7.80. The molecule has 4 rings (SSSR count). The average molecular weight is 440 g/mol. The fourth-order valence-corrected chi connectivity index (χ4v) is 3.65. The molecule has 0 bridgehead atoms. The predicted molar refractivity (Wildman–Crippen MR) is 125 cm³/mol. The molecule has 0 spiro atoms. The van der Waals surface area contributed by atoms with Gasteiger partial charge in [-0.15, -0.1) is 12.4 Å². The molecule has 2 N–H and O–H groups in total. The van der Waals surface area contributed by atoms with Crippen molar-refractivity contribution in [3.8, 4) is 0 Å². The summed E-state index contributed by atoms with van der Waals surface area (Å²) >= 11 is 0. The molecule has 8 heteroatoms. The lowest BCUT2D eigenvalue weighted by molar-refractivity contribution is -0.124. The molecule has 2 aromatic heterocycles. The monoisotopic (exact) mass is 439 g/mol. The summed E-state index contributed by atoms with van der Waals surface area (Å²) in [6, 6.07) is 10.1. The second kappa shape index (κ2) is 9.76. The van der Waals surface area contributed by atoms with Crippen molar-refractivity contribution in [1.82, 2.24) is 19.8 Å². The summed E-state index contributed by atoms with van der Waals surface area (Å²) in [6.45, 7) is 1.59. The molecule has 0 saturated heterocycles. The van der Waals surface area contributed by atoms with E-state index < -0.39 is 0 Å². The molecule has 2 amide bonds. The number of pyridine rings is 1. The van der Waals surface area contributed by atoms with E-state index in [-0.39, 0.29) is 24.2 Å². The van der Waals surface area contributed by atoms with Crippen LogP contribution < -0.4 is 5.32 Å². The van der Waals surface area contributed by atoms with Gasteiger partial charge in [0.2, 0.25) is 11.8 Å². The first-order chi connectivity index (χ1) is 14.5. The number of benzene rings is 1. The van der Waals surface area contributed by atoms with Crippen LogP contribution in [0.15, 0.2) is 48.8 Å². The minimum absolute atomic E-state index is 0. The van der Waals surface area contributed by atoms with Crippen LogP contribution in [0.5, 0.6) is 0 Å². The standard InChI is InChI=1S/C23H25N5O2.ClH/c1-27-14-18-11-16(12-25-23(18)26-21(29)15-27)7-8-22(30)28(2)10-9-17-13-24-20-6-4-3-5-19(17)20;/h3-8,11-13,24H,9-10,14-15H2,1-2H3,(H,25,26,29);1H. The molecule has 31 heavy (non-hydrogen) atoms. The molecule has 0 radical (unpaired) electrons. The Balaban J connectivity index is 0.00000272. The Hall–Kier alpha value is -3.16. The van der Waals surface area contributed by atoms with E-state index in [0.717, 1.165) is 23.1 Å². The Morgan fingerprint density at radius 2 is 2.10 bits per heavy atom. The number of para-hydroxylation sites is 1. The van der Waals surface area contributed by atoms with Crippen LogP contribution in [0.1, 0.15) is 16.7 Å². The number of anilines is 1. The number of aromatic amines is 1. The predicted octanol–water partition coefficient (Wildman–Crippen LogP) is 3.08. The number of nitrogens with zero attached hydrogens (tertiary/aromatic N) is 3. The maximum atomic E-state index is 12.5. The van der Waals surface area contributed by atoms with Crippen molar-refractivity contribution in [2.45, 2.75) is 13.0 Å². The third kappa shape index (κ3) is 5.31. The second-order valence-electron chi connectivity index (χ2n) is 7.70. The van der Waals surface area contributed by atoms with Gasteiger partial charge < -0.3 is 15.2 Å². The van der Waals surface area contributed by atoms with Crippen molar-refractivity contribution >= 4 is 47.0 Å². The Morgan fingerprint density at radius 1 is 1.29 bits per heavy atom. The van der Waals surface area contributed by atoms with Crippen molar-refractivity contribution in [3.63, 3.8) is 0 Å².